The molecule has 110 valence electrons. The Kier molecular flexibility index (Phi) is 5.94. The van der Waals surface area contributed by atoms with Crippen molar-refractivity contribution in [1.82, 2.24) is 0 Å². The van der Waals surface area contributed by atoms with Crippen molar-refractivity contribution in [3.8, 4) is 0 Å². The zero-order valence-corrected chi connectivity index (χ0v) is 12.7. The molecule has 0 heterocycles. The zero-order chi connectivity index (χ0) is 15.2. The predicted molar refractivity (Wildman–Crippen MR) is 61.3 cm³/mol. The third kappa shape index (κ3) is 4.07. The van der Waals surface area contributed by atoms with Crippen LogP contribution in [0.4, 0.5) is 22.0 Å². The van der Waals surface area contributed by atoms with Crippen LogP contribution in [0.2, 0.25) is 0 Å². The fourth-order valence-electron chi connectivity index (χ4n) is 0.511. The minimum Gasteiger partial charge on any atom is -0.282 e. The maximum atomic E-state index is 13.7. The number of rotatable bonds is 5. The molecule has 0 N–H and O–H groups in total. The van der Waals surface area contributed by atoms with Gasteiger partial charge in [0.1, 0.15) is 0 Å². The summed E-state index contributed by atoms with van der Waals surface area (Å²) in [7, 11) is 0. The van der Waals surface area contributed by atoms with E-state index in [1.165, 1.54) is 0 Å². The maximum Gasteiger partial charge on any atom is 0.353 e. The number of hydrogen-bond donors (Lipinski definition) is 0. The summed E-state index contributed by atoms with van der Waals surface area (Å²) >= 11 is 31.7. The molecule has 0 bridgehead atoms. The number of alkyl halides is 12. The van der Waals surface area contributed by atoms with E-state index in [1.807, 2.05) is 0 Å². The number of halogens is 12. The topological polar surface area (TPSA) is 9.23 Å². The van der Waals surface area contributed by atoms with Crippen LogP contribution in [0.1, 0.15) is 0 Å². The molecular formula is C5Cl7F5O. The van der Waals surface area contributed by atoms with E-state index in [4.69, 9.17) is 0 Å². The van der Waals surface area contributed by atoms with E-state index in [9.17, 15) is 22.0 Å². The predicted octanol–water partition coefficient (Wildman–Crippen LogP) is 5.83. The molecule has 0 aliphatic heterocycles. The van der Waals surface area contributed by atoms with Crippen molar-refractivity contribution < 1.29 is 26.7 Å². The van der Waals surface area contributed by atoms with Crippen molar-refractivity contribution in [3.05, 3.63) is 0 Å². The Labute approximate surface area is 132 Å². The fraction of sp³-hybridized carbons (Fsp3) is 1.00. The van der Waals surface area contributed by atoms with Gasteiger partial charge >= 0.3 is 24.9 Å². The van der Waals surface area contributed by atoms with Crippen LogP contribution < -0.4 is 0 Å². The molecule has 18 heavy (non-hydrogen) atoms. The van der Waals surface area contributed by atoms with Crippen LogP contribution in [0.15, 0.2) is 0 Å². The van der Waals surface area contributed by atoms with Crippen LogP contribution in [0.25, 0.3) is 0 Å². The maximum absolute atomic E-state index is 13.7. The van der Waals surface area contributed by atoms with Gasteiger partial charge < -0.3 is 0 Å². The Bertz CT molecular complexity index is 291. The highest BCUT2D eigenvalue weighted by Crippen LogP contribution is 2.57. The molecule has 0 aromatic rings. The molecule has 1 atom stereocenters. The van der Waals surface area contributed by atoms with Crippen LogP contribution in [-0.2, 0) is 4.74 Å². The van der Waals surface area contributed by atoms with Crippen molar-refractivity contribution in [2.75, 3.05) is 0 Å². The molecule has 0 aliphatic rings. The lowest BCUT2D eigenvalue weighted by Crippen LogP contribution is -2.58. The van der Waals surface area contributed by atoms with E-state index in [-0.39, 0.29) is 0 Å². The molecule has 0 radical (unpaired) electrons. The van der Waals surface area contributed by atoms with E-state index in [0.717, 1.165) is 0 Å². The summed E-state index contributed by atoms with van der Waals surface area (Å²) < 4.78 is 56.2. The molecule has 0 fully saturated rings. The summed E-state index contributed by atoms with van der Waals surface area (Å²) in [6.07, 6.45) is 0. The van der Waals surface area contributed by atoms with Crippen LogP contribution >= 0.6 is 81.2 Å². The minimum absolute atomic E-state index is 3.23. The van der Waals surface area contributed by atoms with Crippen LogP contribution in [0.3, 0.4) is 0 Å². The highest BCUT2D eigenvalue weighted by molar-refractivity contribution is 6.53. The molecule has 0 saturated heterocycles. The highest BCUT2D eigenvalue weighted by Gasteiger charge is 2.73. The molecular weight excluding hydrogens is 419 g/mol. The van der Waals surface area contributed by atoms with Gasteiger partial charge in [-0.2, -0.15) is 13.2 Å². The van der Waals surface area contributed by atoms with Gasteiger partial charge in [0.15, 0.2) is 0 Å². The quantitative estimate of drug-likeness (QED) is 0.402. The standard InChI is InChI=1S/C5Cl7F5O/c6-2(7,14)1(13,3(8,9)15)18-5(12,17)4(10,11)16. The smallest absolute Gasteiger partial charge is 0.282 e. The first-order valence-corrected chi connectivity index (χ1v) is 6.07. The Morgan fingerprint density at radius 3 is 1.00 bits per heavy atom. The molecule has 0 saturated carbocycles. The molecule has 1 nitrogen and oxygen atoms in total. The van der Waals surface area contributed by atoms with E-state index in [1.54, 1.807) is 0 Å². The molecule has 0 aromatic carbocycles. The lowest BCUT2D eigenvalue weighted by molar-refractivity contribution is -0.291. The van der Waals surface area contributed by atoms with Gasteiger partial charge in [0.2, 0.25) is 0 Å². The van der Waals surface area contributed by atoms with Crippen molar-refractivity contribution in [2.45, 2.75) is 24.9 Å². The third-order valence-corrected chi connectivity index (χ3v) is 3.32. The second-order valence-corrected chi connectivity index (χ2v) is 6.90. The number of hydrogen-bond acceptors (Lipinski definition) is 1. The van der Waals surface area contributed by atoms with Crippen molar-refractivity contribution in [1.29, 1.82) is 0 Å². The molecule has 0 spiro atoms. The summed E-state index contributed by atoms with van der Waals surface area (Å²) in [5.74, 6) is -4.87. The average Bonchev–Trinajstić information content (AvgIpc) is 1.95. The Morgan fingerprint density at radius 2 is 0.833 bits per heavy atom. The first-order chi connectivity index (χ1) is 7.46. The van der Waals surface area contributed by atoms with Gasteiger partial charge in [0, 0.05) is 0 Å². The first-order valence-electron chi connectivity index (χ1n) is 3.43. The largest absolute Gasteiger partial charge is 0.353 e. The summed E-state index contributed by atoms with van der Waals surface area (Å²) in [6.45, 7) is 0. The summed E-state index contributed by atoms with van der Waals surface area (Å²) in [6, 6.07) is 0. The van der Waals surface area contributed by atoms with Crippen molar-refractivity contribution >= 4 is 81.2 Å². The third-order valence-electron chi connectivity index (χ3n) is 1.33. The minimum atomic E-state index is -4.87. The van der Waals surface area contributed by atoms with Gasteiger partial charge in [0.25, 0.3) is 0 Å². The lowest BCUT2D eigenvalue weighted by Gasteiger charge is -2.38. The monoisotopic (exact) mass is 416 g/mol. The molecule has 0 aliphatic carbocycles. The SMILES string of the molecule is FC(Cl)(Cl)C(F)(Cl)OC(F)(C(F)(Cl)Cl)C(F)(Cl)Cl. The number of ether oxygens (including phenoxy) is 1. The zero-order valence-electron chi connectivity index (χ0n) is 7.44. The van der Waals surface area contributed by atoms with Gasteiger partial charge in [0.05, 0.1) is 0 Å². The Balaban J connectivity index is 5.58. The highest BCUT2D eigenvalue weighted by atomic mass is 35.5. The van der Waals surface area contributed by atoms with E-state index < -0.39 is 24.9 Å². The first kappa shape index (κ1) is 19.6. The molecule has 0 amide bonds. The van der Waals surface area contributed by atoms with Crippen LogP contribution in [0, 0.1) is 0 Å². The summed E-state index contributed by atoms with van der Waals surface area (Å²) in [5, 5.41) is -4.52. The molecule has 13 heteroatoms. The van der Waals surface area contributed by atoms with Gasteiger partial charge in [-0.15, -0.1) is 0 Å². The van der Waals surface area contributed by atoms with Gasteiger partial charge in [-0.05, 0) is 11.6 Å². The van der Waals surface area contributed by atoms with Gasteiger partial charge in [-0.1, -0.05) is 69.6 Å². The fourth-order valence-corrected chi connectivity index (χ4v) is 1.56. The summed E-state index contributed by atoms with van der Waals surface area (Å²) in [5.41, 5.74) is 0. The normalized spacial score (nSPS) is 18.7. The molecule has 0 rings (SSSR count). The Morgan fingerprint density at radius 1 is 0.556 bits per heavy atom. The molecule has 1 unspecified atom stereocenters. The summed E-state index contributed by atoms with van der Waals surface area (Å²) in [4.78, 5) is 0. The molecule has 0 aromatic heterocycles. The van der Waals surface area contributed by atoms with Crippen LogP contribution in [-0.4, -0.2) is 24.9 Å². The van der Waals surface area contributed by atoms with Crippen molar-refractivity contribution in [3.63, 3.8) is 0 Å². The second kappa shape index (κ2) is 5.44. The van der Waals surface area contributed by atoms with E-state index >= 15 is 0 Å². The lowest BCUT2D eigenvalue weighted by atomic mass is 10.3. The van der Waals surface area contributed by atoms with Crippen LogP contribution in [0.5, 0.6) is 0 Å². The van der Waals surface area contributed by atoms with Gasteiger partial charge in [-0.3, -0.25) is 4.74 Å². The van der Waals surface area contributed by atoms with Crippen molar-refractivity contribution in [2.24, 2.45) is 0 Å². The van der Waals surface area contributed by atoms with E-state index in [0.29, 0.717) is 0 Å². The van der Waals surface area contributed by atoms with Gasteiger partial charge in [-0.25, -0.2) is 8.78 Å². The van der Waals surface area contributed by atoms with E-state index in [2.05, 4.69) is 85.9 Å². The Hall–Kier alpha value is 1.64. The second-order valence-electron chi connectivity index (χ2n) is 2.71. The average molecular weight is 419 g/mol.